The number of nitrogens with one attached hydrogen (secondary N) is 1. The summed E-state index contributed by atoms with van der Waals surface area (Å²) in [5, 5.41) is 12.9. The van der Waals surface area contributed by atoms with Gasteiger partial charge in [-0.25, -0.2) is 0 Å². The Bertz CT molecular complexity index is 338. The number of likely N-dealkylation sites (N-methyl/N-ethyl adjacent to an activating group) is 1. The molecule has 0 heterocycles. The van der Waals surface area contributed by atoms with E-state index < -0.39 is 11.5 Å². The number of hydrogen-bond donors (Lipinski definition) is 2. The van der Waals surface area contributed by atoms with Gasteiger partial charge in [-0.2, -0.15) is 0 Å². The highest BCUT2D eigenvalue weighted by molar-refractivity contribution is 5.79. The van der Waals surface area contributed by atoms with Crippen molar-refractivity contribution in [2.75, 3.05) is 20.1 Å². The molecule has 2 N–H and O–H groups in total. The fraction of sp³-hybridized carbons (Fsp3) is 0.941. The quantitative estimate of drug-likeness (QED) is 0.791. The van der Waals surface area contributed by atoms with Crippen LogP contribution in [0.5, 0.6) is 0 Å². The molecule has 0 aliphatic heterocycles. The molecule has 2 aliphatic carbocycles. The molecule has 0 saturated heterocycles. The van der Waals surface area contributed by atoms with E-state index in [1.54, 1.807) is 0 Å². The molecule has 122 valence electrons. The van der Waals surface area contributed by atoms with E-state index in [-0.39, 0.29) is 0 Å². The Balaban J connectivity index is 1.93. The van der Waals surface area contributed by atoms with Gasteiger partial charge < -0.3 is 15.3 Å². The van der Waals surface area contributed by atoms with Gasteiger partial charge in [0, 0.05) is 12.6 Å². The van der Waals surface area contributed by atoms with Gasteiger partial charge in [-0.1, -0.05) is 26.2 Å². The minimum atomic E-state index is -0.696. The molecular weight excluding hydrogens is 264 g/mol. The largest absolute Gasteiger partial charge is 0.480 e. The monoisotopic (exact) mass is 296 g/mol. The molecule has 4 heteroatoms. The number of hydrogen-bond acceptors (Lipinski definition) is 3. The van der Waals surface area contributed by atoms with E-state index in [4.69, 9.17) is 0 Å². The van der Waals surface area contributed by atoms with Gasteiger partial charge in [-0.15, -0.1) is 0 Å². The highest BCUT2D eigenvalue weighted by Gasteiger charge is 2.43. The van der Waals surface area contributed by atoms with Crippen molar-refractivity contribution in [3.05, 3.63) is 0 Å². The number of aliphatic carboxylic acids is 1. The molecule has 0 aromatic rings. The van der Waals surface area contributed by atoms with E-state index in [9.17, 15) is 9.90 Å². The first-order valence-electron chi connectivity index (χ1n) is 8.76. The summed E-state index contributed by atoms with van der Waals surface area (Å²) in [5.41, 5.74) is -0.696. The van der Waals surface area contributed by atoms with Gasteiger partial charge in [0.1, 0.15) is 5.54 Å². The molecule has 0 aromatic carbocycles. The second kappa shape index (κ2) is 7.59. The normalized spacial score (nSPS) is 31.5. The van der Waals surface area contributed by atoms with Crippen molar-refractivity contribution in [3.8, 4) is 0 Å². The van der Waals surface area contributed by atoms with Crippen molar-refractivity contribution in [2.24, 2.45) is 5.92 Å². The van der Waals surface area contributed by atoms with E-state index in [0.29, 0.717) is 6.04 Å². The first kappa shape index (κ1) is 16.8. The van der Waals surface area contributed by atoms with Crippen molar-refractivity contribution >= 4 is 5.97 Å². The van der Waals surface area contributed by atoms with Gasteiger partial charge in [0.15, 0.2) is 0 Å². The fourth-order valence-electron chi connectivity index (χ4n) is 4.32. The molecule has 21 heavy (non-hydrogen) atoms. The molecule has 4 nitrogen and oxygen atoms in total. The molecule has 2 unspecified atom stereocenters. The van der Waals surface area contributed by atoms with Crippen LogP contribution in [0.2, 0.25) is 0 Å². The highest BCUT2D eigenvalue weighted by Crippen LogP contribution is 2.33. The zero-order chi connectivity index (χ0) is 15.3. The first-order chi connectivity index (χ1) is 10.1. The zero-order valence-electron chi connectivity index (χ0n) is 13.7. The summed E-state index contributed by atoms with van der Waals surface area (Å²) in [6.45, 7) is 3.87. The standard InChI is InChI=1S/C17H32N2O2/c1-3-18-17(16(20)21)11-7-10-15(12-17)19(2)13-14-8-5-4-6-9-14/h14-15,18H,3-13H2,1-2H3,(H,20,21). The third kappa shape index (κ3) is 4.19. The Morgan fingerprint density at radius 2 is 1.95 bits per heavy atom. The average Bonchev–Trinajstić information content (AvgIpc) is 2.48. The molecule has 2 aliphatic rings. The van der Waals surface area contributed by atoms with Crippen molar-refractivity contribution < 1.29 is 9.90 Å². The lowest BCUT2D eigenvalue weighted by atomic mass is 9.78. The minimum absolute atomic E-state index is 0.413. The Kier molecular flexibility index (Phi) is 6.06. The fourth-order valence-corrected chi connectivity index (χ4v) is 4.32. The third-order valence-corrected chi connectivity index (χ3v) is 5.54. The van der Waals surface area contributed by atoms with Crippen molar-refractivity contribution in [1.29, 1.82) is 0 Å². The number of nitrogens with zero attached hydrogens (tertiary/aromatic N) is 1. The maximum atomic E-state index is 11.7. The van der Waals surface area contributed by atoms with Gasteiger partial charge in [-0.3, -0.25) is 4.79 Å². The summed E-state index contributed by atoms with van der Waals surface area (Å²) in [7, 11) is 2.20. The van der Waals surface area contributed by atoms with Crippen molar-refractivity contribution in [2.45, 2.75) is 76.3 Å². The predicted octanol–water partition coefficient (Wildman–Crippen LogP) is 2.87. The number of carboxylic acid groups (broad SMARTS) is 1. The number of carbonyl (C=O) groups is 1. The van der Waals surface area contributed by atoms with E-state index in [2.05, 4.69) is 17.3 Å². The average molecular weight is 296 g/mol. The molecule has 2 rings (SSSR count). The molecule has 2 saturated carbocycles. The zero-order valence-corrected chi connectivity index (χ0v) is 13.7. The van der Waals surface area contributed by atoms with Crippen molar-refractivity contribution in [3.63, 3.8) is 0 Å². The lowest BCUT2D eigenvalue weighted by Crippen LogP contribution is -2.58. The van der Waals surface area contributed by atoms with Gasteiger partial charge in [0.2, 0.25) is 0 Å². The van der Waals surface area contributed by atoms with Crippen LogP contribution in [0.25, 0.3) is 0 Å². The summed E-state index contributed by atoms with van der Waals surface area (Å²) in [6.07, 6.45) is 10.5. The van der Waals surface area contributed by atoms with Crippen LogP contribution in [0.1, 0.15) is 64.7 Å². The van der Waals surface area contributed by atoms with Crippen LogP contribution in [0.4, 0.5) is 0 Å². The lowest BCUT2D eigenvalue weighted by molar-refractivity contribution is -0.147. The van der Waals surface area contributed by atoms with Crippen LogP contribution in [0.15, 0.2) is 0 Å². The first-order valence-corrected chi connectivity index (χ1v) is 8.76. The van der Waals surface area contributed by atoms with Crippen LogP contribution in [0.3, 0.4) is 0 Å². The van der Waals surface area contributed by atoms with Crippen LogP contribution in [-0.2, 0) is 4.79 Å². The maximum absolute atomic E-state index is 11.7. The van der Waals surface area contributed by atoms with E-state index >= 15 is 0 Å². The highest BCUT2D eigenvalue weighted by atomic mass is 16.4. The molecule has 0 aromatic heterocycles. The maximum Gasteiger partial charge on any atom is 0.323 e. The Labute approximate surface area is 129 Å². The van der Waals surface area contributed by atoms with Gasteiger partial charge >= 0.3 is 5.97 Å². The van der Waals surface area contributed by atoms with Crippen LogP contribution >= 0.6 is 0 Å². The number of carboxylic acids is 1. The summed E-state index contributed by atoms with van der Waals surface area (Å²) in [6, 6.07) is 0.413. The van der Waals surface area contributed by atoms with Crippen LogP contribution < -0.4 is 5.32 Å². The summed E-state index contributed by atoms with van der Waals surface area (Å²) < 4.78 is 0. The molecule has 0 spiro atoms. The van der Waals surface area contributed by atoms with Crippen LogP contribution in [-0.4, -0.2) is 47.7 Å². The second-order valence-corrected chi connectivity index (χ2v) is 7.11. The van der Waals surface area contributed by atoms with Crippen molar-refractivity contribution in [1.82, 2.24) is 10.2 Å². The summed E-state index contributed by atoms with van der Waals surface area (Å²) in [5.74, 6) is 0.157. The molecular formula is C17H32N2O2. The Morgan fingerprint density at radius 1 is 1.24 bits per heavy atom. The minimum Gasteiger partial charge on any atom is -0.480 e. The number of rotatable bonds is 6. The molecule has 0 amide bonds. The van der Waals surface area contributed by atoms with E-state index in [0.717, 1.165) is 44.7 Å². The Hall–Kier alpha value is -0.610. The molecule has 0 bridgehead atoms. The topological polar surface area (TPSA) is 52.6 Å². The molecule has 2 fully saturated rings. The summed E-state index contributed by atoms with van der Waals surface area (Å²) in [4.78, 5) is 14.2. The second-order valence-electron chi connectivity index (χ2n) is 7.11. The van der Waals surface area contributed by atoms with E-state index in [1.807, 2.05) is 6.92 Å². The van der Waals surface area contributed by atoms with Gasteiger partial charge in [0.05, 0.1) is 0 Å². The SMILES string of the molecule is CCNC1(C(=O)O)CCCC(N(C)CC2CCCCC2)C1. The molecule has 0 radical (unpaired) electrons. The lowest BCUT2D eigenvalue weighted by Gasteiger charge is -2.42. The van der Waals surface area contributed by atoms with Gasteiger partial charge in [-0.05, 0) is 58.0 Å². The molecule has 2 atom stereocenters. The smallest absolute Gasteiger partial charge is 0.323 e. The summed E-state index contributed by atoms with van der Waals surface area (Å²) >= 11 is 0. The van der Waals surface area contributed by atoms with Crippen LogP contribution in [0, 0.1) is 5.92 Å². The predicted molar refractivity (Wildman–Crippen MR) is 85.5 cm³/mol. The van der Waals surface area contributed by atoms with Gasteiger partial charge in [0.25, 0.3) is 0 Å². The Morgan fingerprint density at radius 3 is 2.57 bits per heavy atom. The third-order valence-electron chi connectivity index (χ3n) is 5.54. The van der Waals surface area contributed by atoms with E-state index in [1.165, 1.54) is 32.1 Å².